The average molecular weight is 446 g/mol. The van der Waals surface area contributed by atoms with Crippen LogP contribution < -0.4 is 10.1 Å². The molecule has 2 rings (SSSR count). The second-order valence-corrected chi connectivity index (χ2v) is 6.96. The van der Waals surface area contributed by atoms with Crippen LogP contribution in [-0.2, 0) is 6.54 Å². The summed E-state index contributed by atoms with van der Waals surface area (Å²) in [6.07, 6.45) is 0. The number of benzene rings is 2. The maximum Gasteiger partial charge on any atom is 0.141 e. The summed E-state index contributed by atoms with van der Waals surface area (Å²) in [7, 11) is 0. The van der Waals surface area contributed by atoms with Gasteiger partial charge in [0.25, 0.3) is 0 Å². The monoisotopic (exact) mass is 445 g/mol. The van der Waals surface area contributed by atoms with Crippen molar-refractivity contribution in [3.8, 4) is 11.5 Å². The van der Waals surface area contributed by atoms with Crippen LogP contribution in [0.25, 0.3) is 0 Å². The Kier molecular flexibility index (Phi) is 5.86. The molecular formula is C16H17BrINO. The van der Waals surface area contributed by atoms with Gasteiger partial charge in [0.1, 0.15) is 11.5 Å². The van der Waals surface area contributed by atoms with E-state index < -0.39 is 0 Å². The standard InChI is InChI=1S/C16H17BrINO/c1-11(2)19-10-12-6-7-16(15(17)8-12)20-14-5-3-4-13(18)9-14/h3-9,11,19H,10H2,1-2H3. The van der Waals surface area contributed by atoms with Crippen molar-refractivity contribution in [1.29, 1.82) is 0 Å². The van der Waals surface area contributed by atoms with Crippen molar-refractivity contribution in [3.63, 3.8) is 0 Å². The first kappa shape index (κ1) is 15.8. The Morgan fingerprint density at radius 2 is 2.00 bits per heavy atom. The highest BCUT2D eigenvalue weighted by atomic mass is 127. The van der Waals surface area contributed by atoms with Crippen LogP contribution in [0.4, 0.5) is 0 Å². The summed E-state index contributed by atoms with van der Waals surface area (Å²) < 4.78 is 8.03. The number of hydrogen-bond donors (Lipinski definition) is 1. The zero-order valence-corrected chi connectivity index (χ0v) is 15.2. The molecule has 0 bridgehead atoms. The lowest BCUT2D eigenvalue weighted by atomic mass is 10.2. The minimum atomic E-state index is 0.482. The fourth-order valence-corrected chi connectivity index (χ4v) is 2.74. The molecule has 0 radical (unpaired) electrons. The van der Waals surface area contributed by atoms with Crippen molar-refractivity contribution in [3.05, 3.63) is 56.1 Å². The van der Waals surface area contributed by atoms with Gasteiger partial charge in [-0.2, -0.15) is 0 Å². The highest BCUT2D eigenvalue weighted by Gasteiger charge is 2.05. The summed E-state index contributed by atoms with van der Waals surface area (Å²) >= 11 is 5.85. The minimum absolute atomic E-state index is 0.482. The molecule has 0 unspecified atom stereocenters. The summed E-state index contributed by atoms with van der Waals surface area (Å²) in [4.78, 5) is 0. The van der Waals surface area contributed by atoms with Gasteiger partial charge in [-0.15, -0.1) is 0 Å². The molecule has 2 aromatic carbocycles. The summed E-state index contributed by atoms with van der Waals surface area (Å²) in [5, 5.41) is 3.40. The number of halogens is 2. The predicted octanol–water partition coefficient (Wildman–Crippen LogP) is 5.34. The quantitative estimate of drug-likeness (QED) is 0.627. The Labute approximate surface area is 142 Å². The van der Waals surface area contributed by atoms with Crippen molar-refractivity contribution in [2.75, 3.05) is 0 Å². The van der Waals surface area contributed by atoms with Crippen LogP contribution in [-0.4, -0.2) is 6.04 Å². The minimum Gasteiger partial charge on any atom is -0.456 e. The van der Waals surface area contributed by atoms with Gasteiger partial charge in [0.05, 0.1) is 4.47 Å². The van der Waals surface area contributed by atoms with Gasteiger partial charge in [-0.25, -0.2) is 0 Å². The Hall–Kier alpha value is -0.590. The maximum absolute atomic E-state index is 5.90. The molecule has 0 aliphatic heterocycles. The van der Waals surface area contributed by atoms with Gasteiger partial charge < -0.3 is 10.1 Å². The van der Waals surface area contributed by atoms with Crippen molar-refractivity contribution in [1.82, 2.24) is 5.32 Å². The van der Waals surface area contributed by atoms with Crippen LogP contribution >= 0.6 is 38.5 Å². The van der Waals surface area contributed by atoms with E-state index in [1.165, 1.54) is 5.56 Å². The van der Waals surface area contributed by atoms with Gasteiger partial charge in [0.2, 0.25) is 0 Å². The van der Waals surface area contributed by atoms with E-state index >= 15 is 0 Å². The molecule has 0 saturated carbocycles. The van der Waals surface area contributed by atoms with Gasteiger partial charge in [0.15, 0.2) is 0 Å². The van der Waals surface area contributed by atoms with E-state index in [4.69, 9.17) is 4.74 Å². The number of rotatable bonds is 5. The first-order valence-corrected chi connectivity index (χ1v) is 8.37. The Balaban J connectivity index is 2.09. The molecule has 2 aromatic rings. The lowest BCUT2D eigenvalue weighted by Crippen LogP contribution is -2.21. The molecule has 0 saturated heterocycles. The summed E-state index contributed by atoms with van der Waals surface area (Å²) in [5.41, 5.74) is 1.24. The van der Waals surface area contributed by atoms with E-state index in [0.29, 0.717) is 6.04 Å². The molecule has 0 aromatic heterocycles. The van der Waals surface area contributed by atoms with Gasteiger partial charge in [-0.05, 0) is 74.4 Å². The second-order valence-electron chi connectivity index (χ2n) is 4.86. The molecule has 0 spiro atoms. The van der Waals surface area contributed by atoms with Gasteiger partial charge >= 0.3 is 0 Å². The number of ether oxygens (including phenoxy) is 1. The molecule has 106 valence electrons. The molecule has 0 atom stereocenters. The van der Waals surface area contributed by atoms with Crippen molar-refractivity contribution in [2.45, 2.75) is 26.4 Å². The van der Waals surface area contributed by atoms with Crippen molar-refractivity contribution >= 4 is 38.5 Å². The molecule has 0 heterocycles. The third kappa shape index (κ3) is 4.75. The number of hydrogen-bond acceptors (Lipinski definition) is 2. The first-order chi connectivity index (χ1) is 9.54. The molecule has 0 aliphatic carbocycles. The van der Waals surface area contributed by atoms with Crippen LogP contribution in [0.15, 0.2) is 46.9 Å². The van der Waals surface area contributed by atoms with Gasteiger partial charge in [-0.3, -0.25) is 0 Å². The molecule has 20 heavy (non-hydrogen) atoms. The molecule has 0 amide bonds. The fraction of sp³-hybridized carbons (Fsp3) is 0.250. The third-order valence-corrected chi connectivity index (χ3v) is 4.03. The van der Waals surface area contributed by atoms with Crippen LogP contribution in [0.2, 0.25) is 0 Å². The second kappa shape index (κ2) is 7.43. The molecule has 4 heteroatoms. The van der Waals surface area contributed by atoms with E-state index in [9.17, 15) is 0 Å². The normalized spacial score (nSPS) is 10.8. The lowest BCUT2D eigenvalue weighted by molar-refractivity contribution is 0.478. The summed E-state index contributed by atoms with van der Waals surface area (Å²) in [6, 6.07) is 14.7. The predicted molar refractivity (Wildman–Crippen MR) is 95.4 cm³/mol. The molecule has 2 nitrogen and oxygen atoms in total. The van der Waals surface area contributed by atoms with Crippen molar-refractivity contribution in [2.24, 2.45) is 0 Å². The summed E-state index contributed by atoms with van der Waals surface area (Å²) in [5.74, 6) is 1.69. The van der Waals surface area contributed by atoms with Gasteiger partial charge in [0, 0.05) is 16.2 Å². The highest BCUT2D eigenvalue weighted by Crippen LogP contribution is 2.31. The highest BCUT2D eigenvalue weighted by molar-refractivity contribution is 14.1. The smallest absolute Gasteiger partial charge is 0.141 e. The van der Waals surface area contributed by atoms with E-state index in [1.54, 1.807) is 0 Å². The largest absolute Gasteiger partial charge is 0.456 e. The first-order valence-electron chi connectivity index (χ1n) is 6.50. The van der Waals surface area contributed by atoms with Gasteiger partial charge in [-0.1, -0.05) is 26.0 Å². The summed E-state index contributed by atoms with van der Waals surface area (Å²) in [6.45, 7) is 5.15. The Morgan fingerprint density at radius 3 is 2.65 bits per heavy atom. The van der Waals surface area contributed by atoms with Crippen LogP contribution in [0.3, 0.4) is 0 Å². The van der Waals surface area contributed by atoms with E-state index in [2.05, 4.69) is 69.8 Å². The zero-order chi connectivity index (χ0) is 14.5. The fourth-order valence-electron chi connectivity index (χ4n) is 1.72. The van der Waals surface area contributed by atoms with Crippen molar-refractivity contribution < 1.29 is 4.74 Å². The third-order valence-electron chi connectivity index (χ3n) is 2.73. The molecular weight excluding hydrogens is 429 g/mol. The zero-order valence-electron chi connectivity index (χ0n) is 11.5. The molecule has 0 aliphatic rings. The Morgan fingerprint density at radius 1 is 1.20 bits per heavy atom. The molecule has 1 N–H and O–H groups in total. The van der Waals surface area contributed by atoms with E-state index in [1.807, 2.05) is 30.3 Å². The maximum atomic E-state index is 5.90. The molecule has 0 fully saturated rings. The van der Waals surface area contributed by atoms with Crippen LogP contribution in [0.5, 0.6) is 11.5 Å². The van der Waals surface area contributed by atoms with E-state index in [-0.39, 0.29) is 0 Å². The average Bonchev–Trinajstić information content (AvgIpc) is 2.39. The number of nitrogens with one attached hydrogen (secondary N) is 1. The lowest BCUT2D eigenvalue weighted by Gasteiger charge is -2.11. The van der Waals surface area contributed by atoms with Crippen LogP contribution in [0.1, 0.15) is 19.4 Å². The van der Waals surface area contributed by atoms with Crippen LogP contribution in [0, 0.1) is 3.57 Å². The SMILES string of the molecule is CC(C)NCc1ccc(Oc2cccc(I)c2)c(Br)c1. The topological polar surface area (TPSA) is 21.3 Å². The Bertz CT molecular complexity index is 586. The van der Waals surface area contributed by atoms with E-state index in [0.717, 1.165) is 26.1 Å².